The largest absolute Gasteiger partial charge is 0.481 e. The molecule has 3 atom stereocenters. The van der Waals surface area contributed by atoms with Crippen molar-refractivity contribution in [2.75, 3.05) is 26.7 Å². The summed E-state index contributed by atoms with van der Waals surface area (Å²) < 4.78 is 0. The van der Waals surface area contributed by atoms with Crippen LogP contribution < -0.4 is 0 Å². The van der Waals surface area contributed by atoms with Gasteiger partial charge in [0, 0.05) is 25.0 Å². The average molecular weight is 282 g/mol. The molecule has 1 N–H and O–H groups in total. The summed E-state index contributed by atoms with van der Waals surface area (Å²) in [6.07, 6.45) is 3.88. The second kappa shape index (κ2) is 6.57. The Labute approximate surface area is 120 Å². The number of hydrogen-bond acceptors (Lipinski definition) is 3. The summed E-state index contributed by atoms with van der Waals surface area (Å²) in [5.74, 6) is -0.953. The van der Waals surface area contributed by atoms with Crippen LogP contribution in [0, 0.1) is 11.8 Å². The molecule has 1 amide bonds. The van der Waals surface area contributed by atoms with E-state index in [1.54, 1.807) is 0 Å². The van der Waals surface area contributed by atoms with Crippen molar-refractivity contribution >= 4 is 11.9 Å². The summed E-state index contributed by atoms with van der Waals surface area (Å²) >= 11 is 0. The molecule has 1 saturated carbocycles. The van der Waals surface area contributed by atoms with E-state index in [0.717, 1.165) is 38.9 Å². The van der Waals surface area contributed by atoms with Crippen LogP contribution in [0.5, 0.6) is 0 Å². The Balaban J connectivity index is 2.01. The van der Waals surface area contributed by atoms with Crippen LogP contribution >= 0.6 is 0 Å². The van der Waals surface area contributed by atoms with Crippen LogP contribution in [-0.2, 0) is 9.59 Å². The summed E-state index contributed by atoms with van der Waals surface area (Å²) in [5.41, 5.74) is 0. The highest BCUT2D eigenvalue weighted by Crippen LogP contribution is 2.33. The number of amides is 1. The molecule has 0 aromatic rings. The fraction of sp³-hybridized carbons (Fsp3) is 0.867. The highest BCUT2D eigenvalue weighted by molar-refractivity contribution is 5.81. The van der Waals surface area contributed by atoms with Crippen molar-refractivity contribution in [3.05, 3.63) is 0 Å². The van der Waals surface area contributed by atoms with Crippen molar-refractivity contribution in [3.8, 4) is 0 Å². The topological polar surface area (TPSA) is 60.9 Å². The third kappa shape index (κ3) is 3.32. The van der Waals surface area contributed by atoms with E-state index in [1.807, 2.05) is 4.90 Å². The third-order valence-electron chi connectivity index (χ3n) is 4.79. The minimum atomic E-state index is -0.747. The minimum Gasteiger partial charge on any atom is -0.481 e. The van der Waals surface area contributed by atoms with Crippen LogP contribution in [0.15, 0.2) is 0 Å². The Morgan fingerprint density at radius 1 is 1.20 bits per heavy atom. The number of carbonyl (C=O) groups is 2. The Morgan fingerprint density at radius 2 is 1.90 bits per heavy atom. The van der Waals surface area contributed by atoms with Gasteiger partial charge in [0.2, 0.25) is 5.91 Å². The van der Waals surface area contributed by atoms with Crippen LogP contribution in [0.3, 0.4) is 0 Å². The molecule has 114 valence electrons. The van der Waals surface area contributed by atoms with E-state index in [9.17, 15) is 9.59 Å². The zero-order valence-electron chi connectivity index (χ0n) is 12.5. The van der Waals surface area contributed by atoms with E-state index in [4.69, 9.17) is 5.11 Å². The highest BCUT2D eigenvalue weighted by Gasteiger charge is 2.37. The molecule has 2 fully saturated rings. The lowest BCUT2D eigenvalue weighted by molar-refractivity contribution is -0.142. The second-order valence-electron chi connectivity index (χ2n) is 6.25. The van der Waals surface area contributed by atoms with E-state index in [2.05, 4.69) is 18.9 Å². The summed E-state index contributed by atoms with van der Waals surface area (Å²) in [6, 6.07) is 0.277. The molecule has 1 aliphatic heterocycles. The molecule has 0 aromatic carbocycles. The first-order valence-electron chi connectivity index (χ1n) is 7.74. The number of carbonyl (C=O) groups excluding carboxylic acids is 1. The minimum absolute atomic E-state index is 0.0754. The molecule has 1 heterocycles. The predicted molar refractivity (Wildman–Crippen MR) is 76.4 cm³/mol. The van der Waals surface area contributed by atoms with Gasteiger partial charge < -0.3 is 14.9 Å². The van der Waals surface area contributed by atoms with E-state index < -0.39 is 5.97 Å². The normalized spacial score (nSPS) is 32.1. The lowest BCUT2D eigenvalue weighted by Gasteiger charge is -2.32. The zero-order valence-corrected chi connectivity index (χ0v) is 12.5. The van der Waals surface area contributed by atoms with Crippen LogP contribution in [0.2, 0.25) is 0 Å². The number of carboxylic acid groups (broad SMARTS) is 1. The molecule has 5 heteroatoms. The second-order valence-corrected chi connectivity index (χ2v) is 6.25. The predicted octanol–water partition coefficient (Wildman–Crippen LogP) is 1.43. The summed E-state index contributed by atoms with van der Waals surface area (Å²) in [7, 11) is 2.10. The first kappa shape index (κ1) is 15.3. The first-order chi connectivity index (χ1) is 9.52. The van der Waals surface area contributed by atoms with E-state index in [1.165, 1.54) is 0 Å². The van der Waals surface area contributed by atoms with E-state index in [-0.39, 0.29) is 23.8 Å². The van der Waals surface area contributed by atoms with Gasteiger partial charge in [0.15, 0.2) is 0 Å². The molecule has 0 radical (unpaired) electrons. The summed E-state index contributed by atoms with van der Waals surface area (Å²) in [6.45, 7) is 4.90. The number of likely N-dealkylation sites (N-methyl/N-ethyl adjacent to an activating group) is 1. The molecular weight excluding hydrogens is 256 g/mol. The zero-order chi connectivity index (χ0) is 14.7. The maximum absolute atomic E-state index is 12.7. The smallest absolute Gasteiger partial charge is 0.306 e. The van der Waals surface area contributed by atoms with Crippen molar-refractivity contribution in [1.29, 1.82) is 0 Å². The van der Waals surface area contributed by atoms with Gasteiger partial charge in [-0.1, -0.05) is 6.92 Å². The molecule has 1 saturated heterocycles. The summed E-state index contributed by atoms with van der Waals surface area (Å²) in [4.78, 5) is 28.1. The lowest BCUT2D eigenvalue weighted by Crippen LogP contribution is -2.45. The van der Waals surface area contributed by atoms with Crippen molar-refractivity contribution in [2.24, 2.45) is 11.8 Å². The molecule has 3 unspecified atom stereocenters. The van der Waals surface area contributed by atoms with Crippen molar-refractivity contribution in [2.45, 2.75) is 45.1 Å². The van der Waals surface area contributed by atoms with Gasteiger partial charge in [-0.2, -0.15) is 0 Å². The standard InChI is InChI=1S/C15H26N2O3/c1-3-13-10-16(2)7-4-8-17(13)14(18)11-5-6-12(9-11)15(19)20/h11-13H,3-10H2,1-2H3,(H,19,20). The SMILES string of the molecule is CCC1CN(C)CCCN1C(=O)C1CCC(C(=O)O)C1. The van der Waals surface area contributed by atoms with E-state index >= 15 is 0 Å². The molecular formula is C15H26N2O3. The number of rotatable bonds is 3. The Morgan fingerprint density at radius 3 is 2.50 bits per heavy atom. The van der Waals surface area contributed by atoms with Gasteiger partial charge in [0.05, 0.1) is 5.92 Å². The van der Waals surface area contributed by atoms with Crippen molar-refractivity contribution < 1.29 is 14.7 Å². The lowest BCUT2D eigenvalue weighted by atomic mass is 10.0. The fourth-order valence-electron chi connectivity index (χ4n) is 3.55. The van der Waals surface area contributed by atoms with Gasteiger partial charge >= 0.3 is 5.97 Å². The maximum atomic E-state index is 12.7. The molecule has 0 bridgehead atoms. The van der Waals surface area contributed by atoms with Gasteiger partial charge in [-0.05, 0) is 45.7 Å². The van der Waals surface area contributed by atoms with Crippen LogP contribution in [0.4, 0.5) is 0 Å². The van der Waals surface area contributed by atoms with Crippen LogP contribution in [0.1, 0.15) is 39.0 Å². The molecule has 2 rings (SSSR count). The van der Waals surface area contributed by atoms with Gasteiger partial charge in [0.1, 0.15) is 0 Å². The number of aliphatic carboxylic acids is 1. The fourth-order valence-corrected chi connectivity index (χ4v) is 3.55. The Bertz CT molecular complexity index is 372. The van der Waals surface area contributed by atoms with Gasteiger partial charge in [-0.3, -0.25) is 9.59 Å². The molecule has 0 spiro atoms. The number of carboxylic acids is 1. The summed E-state index contributed by atoms with van der Waals surface area (Å²) in [5, 5.41) is 9.07. The molecule has 2 aliphatic rings. The van der Waals surface area contributed by atoms with E-state index in [0.29, 0.717) is 12.8 Å². The first-order valence-corrected chi connectivity index (χ1v) is 7.74. The van der Waals surface area contributed by atoms with Crippen molar-refractivity contribution in [3.63, 3.8) is 0 Å². The van der Waals surface area contributed by atoms with Gasteiger partial charge in [-0.15, -0.1) is 0 Å². The molecule has 20 heavy (non-hydrogen) atoms. The monoisotopic (exact) mass is 282 g/mol. The third-order valence-corrected chi connectivity index (χ3v) is 4.79. The quantitative estimate of drug-likeness (QED) is 0.850. The van der Waals surface area contributed by atoms with Crippen molar-refractivity contribution in [1.82, 2.24) is 9.80 Å². The van der Waals surface area contributed by atoms with Gasteiger partial charge in [-0.25, -0.2) is 0 Å². The molecule has 1 aliphatic carbocycles. The van der Waals surface area contributed by atoms with Crippen LogP contribution in [0.25, 0.3) is 0 Å². The average Bonchev–Trinajstić information content (AvgIpc) is 2.83. The number of nitrogens with zero attached hydrogens (tertiary/aromatic N) is 2. The number of hydrogen-bond donors (Lipinski definition) is 1. The highest BCUT2D eigenvalue weighted by atomic mass is 16.4. The Kier molecular flexibility index (Phi) is 5.02. The molecule has 5 nitrogen and oxygen atoms in total. The Hall–Kier alpha value is -1.10. The van der Waals surface area contributed by atoms with Crippen LogP contribution in [-0.4, -0.2) is 59.5 Å². The molecule has 0 aromatic heterocycles. The maximum Gasteiger partial charge on any atom is 0.306 e. The van der Waals surface area contributed by atoms with Gasteiger partial charge in [0.25, 0.3) is 0 Å².